The van der Waals surface area contributed by atoms with E-state index in [1.54, 1.807) is 6.33 Å². The Balaban J connectivity index is 1.15. The Morgan fingerprint density at radius 2 is 1.67 bits per heavy atom. The fourth-order valence-corrected chi connectivity index (χ4v) is 3.84. The van der Waals surface area contributed by atoms with Gasteiger partial charge in [-0.2, -0.15) is 0 Å². The number of piperazine rings is 1. The van der Waals surface area contributed by atoms with Gasteiger partial charge in [0.25, 0.3) is 0 Å². The second-order valence-corrected chi connectivity index (χ2v) is 7.55. The van der Waals surface area contributed by atoms with Crippen molar-refractivity contribution in [2.45, 2.75) is 13.1 Å². The number of anilines is 2. The average Bonchev–Trinajstić information content (AvgIpc) is 3.27. The quantitative estimate of drug-likeness (QED) is 0.678. The van der Waals surface area contributed by atoms with Crippen molar-refractivity contribution in [3.05, 3.63) is 72.1 Å². The molecule has 0 saturated carbocycles. The molecule has 0 spiro atoms. The minimum Gasteiger partial charge on any atom is -0.454 e. The van der Waals surface area contributed by atoms with Gasteiger partial charge in [-0.3, -0.25) is 4.90 Å². The molecule has 1 fully saturated rings. The van der Waals surface area contributed by atoms with Crippen LogP contribution in [0.2, 0.25) is 0 Å². The van der Waals surface area contributed by atoms with E-state index >= 15 is 0 Å². The van der Waals surface area contributed by atoms with Crippen molar-refractivity contribution in [2.24, 2.45) is 0 Å². The van der Waals surface area contributed by atoms with Gasteiger partial charge in [0.2, 0.25) is 6.79 Å². The predicted molar refractivity (Wildman–Crippen MR) is 116 cm³/mol. The van der Waals surface area contributed by atoms with Crippen LogP contribution in [0.4, 0.5) is 11.6 Å². The minimum atomic E-state index is 0.318. The zero-order valence-corrected chi connectivity index (χ0v) is 16.8. The van der Waals surface area contributed by atoms with E-state index in [1.165, 1.54) is 11.1 Å². The van der Waals surface area contributed by atoms with Crippen LogP contribution in [0.1, 0.15) is 11.1 Å². The minimum absolute atomic E-state index is 0.318. The second-order valence-electron chi connectivity index (χ2n) is 7.55. The molecule has 2 aromatic carbocycles. The molecule has 7 nitrogen and oxygen atoms in total. The maximum absolute atomic E-state index is 5.49. The van der Waals surface area contributed by atoms with E-state index in [2.05, 4.69) is 49.4 Å². The van der Waals surface area contributed by atoms with Crippen LogP contribution in [0.3, 0.4) is 0 Å². The molecule has 1 aromatic heterocycles. The number of aromatic nitrogens is 2. The SMILES string of the molecule is c1ccc(CNc2cc(N3CCN(Cc4ccc5c(c4)OCO5)CC3)ncn2)cc1. The molecule has 0 amide bonds. The maximum atomic E-state index is 5.49. The molecule has 30 heavy (non-hydrogen) atoms. The molecule has 0 aliphatic carbocycles. The van der Waals surface area contributed by atoms with Crippen molar-refractivity contribution < 1.29 is 9.47 Å². The van der Waals surface area contributed by atoms with Crippen molar-refractivity contribution in [3.8, 4) is 11.5 Å². The molecule has 7 heteroatoms. The van der Waals surface area contributed by atoms with Gasteiger partial charge in [0, 0.05) is 45.3 Å². The lowest BCUT2D eigenvalue weighted by Gasteiger charge is -2.35. The van der Waals surface area contributed by atoms with Crippen molar-refractivity contribution in [1.29, 1.82) is 0 Å². The summed E-state index contributed by atoms with van der Waals surface area (Å²) in [7, 11) is 0. The van der Waals surface area contributed by atoms with Gasteiger partial charge in [-0.1, -0.05) is 36.4 Å². The highest BCUT2D eigenvalue weighted by Crippen LogP contribution is 2.33. The van der Waals surface area contributed by atoms with Gasteiger partial charge in [-0.05, 0) is 23.3 Å². The number of benzene rings is 2. The zero-order chi connectivity index (χ0) is 20.2. The van der Waals surface area contributed by atoms with E-state index in [0.717, 1.165) is 62.4 Å². The summed E-state index contributed by atoms with van der Waals surface area (Å²) in [5, 5.41) is 3.39. The summed E-state index contributed by atoms with van der Waals surface area (Å²) in [4.78, 5) is 13.6. The van der Waals surface area contributed by atoms with Crippen LogP contribution in [0.5, 0.6) is 11.5 Å². The topological polar surface area (TPSA) is 62.8 Å². The third kappa shape index (κ3) is 4.31. The molecule has 0 bridgehead atoms. The summed E-state index contributed by atoms with van der Waals surface area (Å²) < 4.78 is 10.9. The molecule has 0 unspecified atom stereocenters. The van der Waals surface area contributed by atoms with Crippen molar-refractivity contribution >= 4 is 11.6 Å². The van der Waals surface area contributed by atoms with E-state index in [1.807, 2.05) is 30.3 Å². The number of ether oxygens (including phenoxy) is 2. The summed E-state index contributed by atoms with van der Waals surface area (Å²) in [5.74, 6) is 3.52. The van der Waals surface area contributed by atoms with Gasteiger partial charge in [-0.25, -0.2) is 9.97 Å². The average molecular weight is 403 g/mol. The Morgan fingerprint density at radius 1 is 0.833 bits per heavy atom. The smallest absolute Gasteiger partial charge is 0.231 e. The molecule has 1 saturated heterocycles. The first kappa shape index (κ1) is 18.7. The molecular formula is C23H25N5O2. The molecule has 3 heterocycles. The molecule has 154 valence electrons. The van der Waals surface area contributed by atoms with Crippen LogP contribution in [-0.2, 0) is 13.1 Å². The third-order valence-electron chi connectivity index (χ3n) is 5.51. The molecule has 1 N–H and O–H groups in total. The van der Waals surface area contributed by atoms with E-state index in [-0.39, 0.29) is 0 Å². The first-order chi connectivity index (χ1) is 14.8. The normalized spacial score (nSPS) is 15.9. The third-order valence-corrected chi connectivity index (χ3v) is 5.51. The van der Waals surface area contributed by atoms with Crippen molar-refractivity contribution in [3.63, 3.8) is 0 Å². The standard InChI is InChI=1S/C23H25N5O2/c1-2-4-18(5-3-1)14-24-22-13-23(26-16-25-22)28-10-8-27(9-11-28)15-19-6-7-20-21(12-19)30-17-29-20/h1-7,12-13,16H,8-11,14-15,17H2,(H,24,25,26). The van der Waals surface area contributed by atoms with Crippen LogP contribution in [0.25, 0.3) is 0 Å². The fourth-order valence-electron chi connectivity index (χ4n) is 3.84. The Hall–Kier alpha value is -3.32. The van der Waals surface area contributed by atoms with Crippen LogP contribution in [0, 0.1) is 0 Å². The lowest BCUT2D eigenvalue weighted by molar-refractivity contribution is 0.174. The largest absolute Gasteiger partial charge is 0.454 e. The van der Waals surface area contributed by atoms with Gasteiger partial charge in [-0.15, -0.1) is 0 Å². The highest BCUT2D eigenvalue weighted by atomic mass is 16.7. The first-order valence-corrected chi connectivity index (χ1v) is 10.3. The van der Waals surface area contributed by atoms with E-state index in [9.17, 15) is 0 Å². The van der Waals surface area contributed by atoms with Crippen molar-refractivity contribution in [2.75, 3.05) is 43.2 Å². The van der Waals surface area contributed by atoms with Gasteiger partial charge < -0.3 is 19.7 Å². The summed E-state index contributed by atoms with van der Waals surface area (Å²) in [6.45, 7) is 5.85. The molecule has 2 aliphatic rings. The first-order valence-electron chi connectivity index (χ1n) is 10.3. The molecule has 2 aliphatic heterocycles. The highest BCUT2D eigenvalue weighted by molar-refractivity contribution is 5.49. The summed E-state index contributed by atoms with van der Waals surface area (Å²) in [6.07, 6.45) is 1.64. The number of nitrogens with one attached hydrogen (secondary N) is 1. The number of hydrogen-bond donors (Lipinski definition) is 1. The van der Waals surface area contributed by atoms with Crippen LogP contribution in [-0.4, -0.2) is 47.8 Å². The summed E-state index contributed by atoms with van der Waals surface area (Å²) in [5.41, 5.74) is 2.48. The Morgan fingerprint density at radius 3 is 2.53 bits per heavy atom. The van der Waals surface area contributed by atoms with Crippen LogP contribution < -0.4 is 19.7 Å². The number of nitrogens with zero attached hydrogens (tertiary/aromatic N) is 4. The highest BCUT2D eigenvalue weighted by Gasteiger charge is 2.20. The second kappa shape index (κ2) is 8.59. The Labute approximate surface area is 176 Å². The molecule has 0 atom stereocenters. The van der Waals surface area contributed by atoms with E-state index in [0.29, 0.717) is 6.79 Å². The number of fused-ring (bicyclic) bond motifs is 1. The fraction of sp³-hybridized carbons (Fsp3) is 0.304. The van der Waals surface area contributed by atoms with E-state index < -0.39 is 0 Å². The van der Waals surface area contributed by atoms with Gasteiger partial charge in [0.1, 0.15) is 18.0 Å². The van der Waals surface area contributed by atoms with Crippen LogP contribution >= 0.6 is 0 Å². The Kier molecular flexibility index (Phi) is 5.35. The van der Waals surface area contributed by atoms with Crippen LogP contribution in [0.15, 0.2) is 60.9 Å². The number of rotatable bonds is 6. The summed E-state index contributed by atoms with van der Waals surface area (Å²) >= 11 is 0. The Bertz CT molecular complexity index is 990. The molecule has 3 aromatic rings. The molecule has 0 radical (unpaired) electrons. The van der Waals surface area contributed by atoms with E-state index in [4.69, 9.17) is 9.47 Å². The lowest BCUT2D eigenvalue weighted by atomic mass is 10.1. The van der Waals surface area contributed by atoms with Gasteiger partial charge >= 0.3 is 0 Å². The zero-order valence-electron chi connectivity index (χ0n) is 16.8. The lowest BCUT2D eigenvalue weighted by Crippen LogP contribution is -2.46. The maximum Gasteiger partial charge on any atom is 0.231 e. The molecular weight excluding hydrogens is 378 g/mol. The number of hydrogen-bond acceptors (Lipinski definition) is 7. The van der Waals surface area contributed by atoms with Crippen molar-refractivity contribution in [1.82, 2.24) is 14.9 Å². The predicted octanol–water partition coefficient (Wildman–Crippen LogP) is 3.14. The molecule has 5 rings (SSSR count). The van der Waals surface area contributed by atoms with Gasteiger partial charge in [0.05, 0.1) is 0 Å². The summed E-state index contributed by atoms with van der Waals surface area (Å²) in [6, 6.07) is 18.6. The monoisotopic (exact) mass is 403 g/mol. The van der Waals surface area contributed by atoms with Gasteiger partial charge in [0.15, 0.2) is 11.5 Å².